The monoisotopic (exact) mass is 342 g/mol. The van der Waals surface area contributed by atoms with Gasteiger partial charge in [0.1, 0.15) is 0 Å². The molecule has 0 spiro atoms. The van der Waals surface area contributed by atoms with Crippen LogP contribution in [0.4, 0.5) is 0 Å². The SMILES string of the molecule is CC(CNC(=O)CNC(=O)CN)CN1CCCCC1.Cl.Cl. The molecule has 0 bridgehead atoms. The van der Waals surface area contributed by atoms with Crippen LogP contribution in [0.2, 0.25) is 0 Å². The number of piperidine rings is 1. The van der Waals surface area contributed by atoms with Crippen molar-refractivity contribution < 1.29 is 9.59 Å². The van der Waals surface area contributed by atoms with Gasteiger partial charge in [0.15, 0.2) is 0 Å². The molecule has 1 heterocycles. The van der Waals surface area contributed by atoms with Crippen molar-refractivity contribution in [3.63, 3.8) is 0 Å². The van der Waals surface area contributed by atoms with E-state index in [1.54, 1.807) is 0 Å². The van der Waals surface area contributed by atoms with Crippen LogP contribution in [0, 0.1) is 5.92 Å². The Balaban J connectivity index is 0. The summed E-state index contributed by atoms with van der Waals surface area (Å²) in [5, 5.41) is 5.28. The summed E-state index contributed by atoms with van der Waals surface area (Å²) in [7, 11) is 0. The van der Waals surface area contributed by atoms with Crippen molar-refractivity contribution in [2.24, 2.45) is 11.7 Å². The van der Waals surface area contributed by atoms with Crippen molar-refractivity contribution in [1.82, 2.24) is 15.5 Å². The fraction of sp³-hybridized carbons (Fsp3) is 0.846. The van der Waals surface area contributed by atoms with E-state index < -0.39 is 0 Å². The number of rotatable bonds is 7. The fourth-order valence-corrected chi connectivity index (χ4v) is 2.25. The lowest BCUT2D eigenvalue weighted by Crippen LogP contribution is -2.42. The average Bonchev–Trinajstić information content (AvgIpc) is 2.43. The Morgan fingerprint density at radius 2 is 1.71 bits per heavy atom. The second-order valence-corrected chi connectivity index (χ2v) is 5.25. The summed E-state index contributed by atoms with van der Waals surface area (Å²) in [5.41, 5.74) is 5.14. The molecule has 0 aliphatic carbocycles. The van der Waals surface area contributed by atoms with Crippen molar-refractivity contribution >= 4 is 36.6 Å². The van der Waals surface area contributed by atoms with Crippen LogP contribution in [0.25, 0.3) is 0 Å². The molecule has 21 heavy (non-hydrogen) atoms. The van der Waals surface area contributed by atoms with Crippen molar-refractivity contribution in [3.05, 3.63) is 0 Å². The van der Waals surface area contributed by atoms with Gasteiger partial charge in [-0.15, -0.1) is 24.8 Å². The van der Waals surface area contributed by atoms with Crippen LogP contribution in [0.15, 0.2) is 0 Å². The van der Waals surface area contributed by atoms with E-state index >= 15 is 0 Å². The third-order valence-corrected chi connectivity index (χ3v) is 3.30. The Morgan fingerprint density at radius 1 is 1.10 bits per heavy atom. The maximum atomic E-state index is 11.5. The Bertz CT molecular complexity index is 300. The second kappa shape index (κ2) is 13.1. The normalized spacial score (nSPS) is 16.1. The molecule has 126 valence electrons. The van der Waals surface area contributed by atoms with Gasteiger partial charge in [-0.3, -0.25) is 9.59 Å². The highest BCUT2D eigenvalue weighted by Crippen LogP contribution is 2.10. The molecule has 0 aromatic heterocycles. The van der Waals surface area contributed by atoms with Crippen molar-refractivity contribution in [1.29, 1.82) is 0 Å². The van der Waals surface area contributed by atoms with E-state index in [-0.39, 0.29) is 49.7 Å². The second-order valence-electron chi connectivity index (χ2n) is 5.25. The Kier molecular flexibility index (Phi) is 14.2. The topological polar surface area (TPSA) is 87.5 Å². The molecule has 1 aliphatic rings. The number of nitrogens with two attached hydrogens (primary N) is 1. The molecule has 1 rings (SSSR count). The number of halogens is 2. The molecule has 6 nitrogen and oxygen atoms in total. The maximum Gasteiger partial charge on any atom is 0.239 e. The van der Waals surface area contributed by atoms with Crippen molar-refractivity contribution in [2.45, 2.75) is 26.2 Å². The number of hydrogen-bond acceptors (Lipinski definition) is 4. The van der Waals surface area contributed by atoms with Gasteiger partial charge in [0, 0.05) is 13.1 Å². The molecule has 0 radical (unpaired) electrons. The smallest absolute Gasteiger partial charge is 0.239 e. The molecule has 4 N–H and O–H groups in total. The summed E-state index contributed by atoms with van der Waals surface area (Å²) in [6.45, 7) is 6.07. The molecule has 1 unspecified atom stereocenters. The van der Waals surface area contributed by atoms with Crippen LogP contribution in [-0.4, -0.2) is 56.0 Å². The van der Waals surface area contributed by atoms with Crippen LogP contribution >= 0.6 is 24.8 Å². The third-order valence-electron chi connectivity index (χ3n) is 3.30. The standard InChI is InChI=1S/C13H26N4O2.2ClH/c1-11(10-17-5-3-2-4-6-17)8-15-13(19)9-16-12(18)7-14;;/h11H,2-10,14H2,1H3,(H,15,19)(H,16,18);2*1H. The Labute approximate surface area is 139 Å². The van der Waals surface area contributed by atoms with Gasteiger partial charge in [-0.25, -0.2) is 0 Å². The van der Waals surface area contributed by atoms with Crippen LogP contribution in [-0.2, 0) is 9.59 Å². The predicted molar refractivity (Wildman–Crippen MR) is 89.0 cm³/mol. The van der Waals surface area contributed by atoms with Crippen LogP contribution < -0.4 is 16.4 Å². The minimum Gasteiger partial charge on any atom is -0.354 e. The summed E-state index contributed by atoms with van der Waals surface area (Å²) < 4.78 is 0. The van der Waals surface area contributed by atoms with E-state index in [0.717, 1.165) is 6.54 Å². The molecule has 0 saturated carbocycles. The first kappa shape index (κ1) is 22.7. The first-order valence-electron chi connectivity index (χ1n) is 7.07. The van der Waals surface area contributed by atoms with Gasteiger partial charge in [-0.1, -0.05) is 13.3 Å². The van der Waals surface area contributed by atoms with Gasteiger partial charge in [0.05, 0.1) is 13.1 Å². The number of carbonyl (C=O) groups excluding carboxylic acids is 2. The van der Waals surface area contributed by atoms with E-state index in [9.17, 15) is 9.59 Å². The Hall–Kier alpha value is -0.560. The van der Waals surface area contributed by atoms with E-state index in [1.165, 1.54) is 32.4 Å². The van der Waals surface area contributed by atoms with Crippen molar-refractivity contribution in [2.75, 3.05) is 39.3 Å². The molecule has 0 aromatic rings. The van der Waals surface area contributed by atoms with Gasteiger partial charge in [0.25, 0.3) is 0 Å². The minimum absolute atomic E-state index is 0. The zero-order valence-electron chi connectivity index (χ0n) is 12.6. The number of nitrogens with one attached hydrogen (secondary N) is 2. The van der Waals surface area contributed by atoms with Crippen LogP contribution in [0.5, 0.6) is 0 Å². The largest absolute Gasteiger partial charge is 0.354 e. The minimum atomic E-state index is -0.309. The van der Waals surface area contributed by atoms with E-state index in [4.69, 9.17) is 5.73 Å². The van der Waals surface area contributed by atoms with Crippen LogP contribution in [0.1, 0.15) is 26.2 Å². The zero-order valence-corrected chi connectivity index (χ0v) is 14.2. The summed E-state index contributed by atoms with van der Waals surface area (Å²) in [6, 6.07) is 0. The number of carbonyl (C=O) groups is 2. The lowest BCUT2D eigenvalue weighted by atomic mass is 10.1. The molecule has 0 aromatic carbocycles. The van der Waals surface area contributed by atoms with E-state index in [2.05, 4.69) is 22.5 Å². The maximum absolute atomic E-state index is 11.5. The van der Waals surface area contributed by atoms with E-state index in [1.807, 2.05) is 0 Å². The highest BCUT2D eigenvalue weighted by Gasteiger charge is 2.14. The highest BCUT2D eigenvalue weighted by atomic mass is 35.5. The summed E-state index contributed by atoms with van der Waals surface area (Å²) in [4.78, 5) is 24.8. The van der Waals surface area contributed by atoms with Gasteiger partial charge in [-0.05, 0) is 31.8 Å². The fourth-order valence-electron chi connectivity index (χ4n) is 2.25. The van der Waals surface area contributed by atoms with Gasteiger partial charge in [0.2, 0.25) is 11.8 Å². The molecule has 1 saturated heterocycles. The van der Waals surface area contributed by atoms with Crippen LogP contribution in [0.3, 0.4) is 0 Å². The predicted octanol–water partition coefficient (Wildman–Crippen LogP) is 0.143. The average molecular weight is 343 g/mol. The molecular weight excluding hydrogens is 315 g/mol. The summed E-state index contributed by atoms with van der Waals surface area (Å²) in [5.74, 6) is -0.0453. The summed E-state index contributed by atoms with van der Waals surface area (Å²) in [6.07, 6.45) is 3.90. The van der Waals surface area contributed by atoms with Gasteiger partial charge >= 0.3 is 0 Å². The molecule has 2 amide bonds. The molecule has 1 aliphatic heterocycles. The van der Waals surface area contributed by atoms with Gasteiger partial charge in [-0.2, -0.15) is 0 Å². The summed E-state index contributed by atoms with van der Waals surface area (Å²) >= 11 is 0. The molecular formula is C13H28Cl2N4O2. The molecule has 8 heteroatoms. The first-order valence-corrected chi connectivity index (χ1v) is 7.07. The number of amides is 2. The quantitative estimate of drug-likeness (QED) is 0.614. The van der Waals surface area contributed by atoms with Crippen molar-refractivity contribution in [3.8, 4) is 0 Å². The third kappa shape index (κ3) is 10.8. The lowest BCUT2D eigenvalue weighted by molar-refractivity contribution is -0.125. The highest BCUT2D eigenvalue weighted by molar-refractivity contribution is 5.86. The number of hydrogen-bond donors (Lipinski definition) is 3. The number of nitrogens with zero attached hydrogens (tertiary/aromatic N) is 1. The first-order chi connectivity index (χ1) is 9.11. The lowest BCUT2D eigenvalue weighted by Gasteiger charge is -2.29. The van der Waals surface area contributed by atoms with Gasteiger partial charge < -0.3 is 21.3 Å². The Morgan fingerprint density at radius 3 is 2.29 bits per heavy atom. The zero-order chi connectivity index (χ0) is 14.1. The van der Waals surface area contributed by atoms with E-state index in [0.29, 0.717) is 12.5 Å². The molecule has 1 atom stereocenters. The molecule has 1 fully saturated rings. The number of likely N-dealkylation sites (tertiary alicyclic amines) is 1.